The Morgan fingerprint density at radius 3 is 2.69 bits per heavy atom. The Hall–Kier alpha value is -2.82. The monoisotopic (exact) mass is 352 g/mol. The van der Waals surface area contributed by atoms with Gasteiger partial charge in [-0.2, -0.15) is 0 Å². The van der Waals surface area contributed by atoms with Crippen molar-refractivity contribution in [3.8, 4) is 5.75 Å². The Morgan fingerprint density at radius 2 is 1.96 bits per heavy atom. The molecule has 1 aliphatic heterocycles. The number of methoxy groups -OCH3 is 1. The van der Waals surface area contributed by atoms with Gasteiger partial charge in [-0.3, -0.25) is 9.59 Å². The molecular formula is C21H24N2O3. The lowest BCUT2D eigenvalue weighted by atomic mass is 9.99. The van der Waals surface area contributed by atoms with Crippen molar-refractivity contribution in [2.24, 2.45) is 5.92 Å². The molecule has 136 valence electrons. The molecule has 26 heavy (non-hydrogen) atoms. The van der Waals surface area contributed by atoms with Crippen molar-refractivity contribution in [2.75, 3.05) is 23.9 Å². The smallest absolute Gasteiger partial charge is 0.255 e. The first kappa shape index (κ1) is 18.0. The minimum Gasteiger partial charge on any atom is -0.497 e. The molecule has 1 N–H and O–H groups in total. The minimum atomic E-state index is -0.207. The van der Waals surface area contributed by atoms with E-state index in [-0.39, 0.29) is 17.7 Å². The van der Waals surface area contributed by atoms with Crippen LogP contribution >= 0.6 is 0 Å². The quantitative estimate of drug-likeness (QED) is 0.908. The second-order valence-electron chi connectivity index (χ2n) is 6.78. The van der Waals surface area contributed by atoms with Crippen molar-refractivity contribution in [3.63, 3.8) is 0 Å². The number of ether oxygens (including phenoxy) is 1. The summed E-state index contributed by atoms with van der Waals surface area (Å²) in [5.74, 6) is 0.483. The SMILES string of the molecule is COc1cccc(C(=O)Nc2ccc3c(c2)N(C(=O)C(C)C)CCC3)c1. The van der Waals surface area contributed by atoms with E-state index in [0.717, 1.165) is 30.6 Å². The molecule has 0 radical (unpaired) electrons. The summed E-state index contributed by atoms with van der Waals surface area (Å²) in [6.07, 6.45) is 1.91. The highest BCUT2D eigenvalue weighted by Gasteiger charge is 2.24. The van der Waals surface area contributed by atoms with Gasteiger partial charge in [0.25, 0.3) is 5.91 Å². The number of rotatable bonds is 4. The van der Waals surface area contributed by atoms with Crippen LogP contribution in [0.5, 0.6) is 5.75 Å². The highest BCUT2D eigenvalue weighted by atomic mass is 16.5. The van der Waals surface area contributed by atoms with Gasteiger partial charge in [0, 0.05) is 29.4 Å². The van der Waals surface area contributed by atoms with Crippen LogP contribution in [0.15, 0.2) is 42.5 Å². The van der Waals surface area contributed by atoms with E-state index in [0.29, 0.717) is 17.0 Å². The molecule has 0 fully saturated rings. The van der Waals surface area contributed by atoms with Gasteiger partial charge in [0.05, 0.1) is 7.11 Å². The standard InChI is InChI=1S/C21H24N2O3/c1-14(2)21(25)23-11-5-7-15-9-10-17(13-19(15)23)22-20(24)16-6-4-8-18(12-16)26-3/h4,6,8-10,12-14H,5,7,11H2,1-3H3,(H,22,24). The lowest BCUT2D eigenvalue weighted by Gasteiger charge is -2.31. The molecule has 0 bridgehead atoms. The molecule has 0 aliphatic carbocycles. The summed E-state index contributed by atoms with van der Waals surface area (Å²) >= 11 is 0. The molecule has 0 unspecified atom stereocenters. The number of amides is 2. The number of hydrogen-bond donors (Lipinski definition) is 1. The Morgan fingerprint density at radius 1 is 1.15 bits per heavy atom. The van der Waals surface area contributed by atoms with E-state index in [1.807, 2.05) is 36.9 Å². The highest BCUT2D eigenvalue weighted by Crippen LogP contribution is 2.31. The van der Waals surface area contributed by atoms with Crippen molar-refractivity contribution in [1.29, 1.82) is 0 Å². The van der Waals surface area contributed by atoms with Crippen LogP contribution in [-0.2, 0) is 11.2 Å². The second-order valence-corrected chi connectivity index (χ2v) is 6.78. The molecule has 1 heterocycles. The van der Waals surface area contributed by atoms with Crippen LogP contribution in [0, 0.1) is 5.92 Å². The van der Waals surface area contributed by atoms with Crippen LogP contribution in [0.4, 0.5) is 11.4 Å². The molecule has 2 aromatic carbocycles. The van der Waals surface area contributed by atoms with Gasteiger partial charge in [0.1, 0.15) is 5.75 Å². The molecule has 2 aromatic rings. The fourth-order valence-electron chi connectivity index (χ4n) is 3.16. The number of aryl methyl sites for hydroxylation is 1. The normalized spacial score (nSPS) is 13.3. The number of anilines is 2. The summed E-state index contributed by atoms with van der Waals surface area (Å²) in [6, 6.07) is 12.8. The second kappa shape index (κ2) is 7.60. The van der Waals surface area contributed by atoms with Crippen molar-refractivity contribution in [1.82, 2.24) is 0 Å². The zero-order valence-corrected chi connectivity index (χ0v) is 15.4. The van der Waals surface area contributed by atoms with E-state index in [2.05, 4.69) is 5.32 Å². The number of carbonyl (C=O) groups excluding carboxylic acids is 2. The zero-order chi connectivity index (χ0) is 18.7. The number of fused-ring (bicyclic) bond motifs is 1. The molecule has 2 amide bonds. The summed E-state index contributed by atoms with van der Waals surface area (Å²) in [4.78, 5) is 26.9. The Bertz CT molecular complexity index is 830. The topological polar surface area (TPSA) is 58.6 Å². The fourth-order valence-corrected chi connectivity index (χ4v) is 3.16. The summed E-state index contributed by atoms with van der Waals surface area (Å²) in [6.45, 7) is 4.54. The Labute approximate surface area is 154 Å². The number of benzene rings is 2. The van der Waals surface area contributed by atoms with E-state index in [4.69, 9.17) is 4.74 Å². The maximum atomic E-state index is 12.5. The summed E-state index contributed by atoms with van der Waals surface area (Å²) in [5, 5.41) is 2.92. The Kier molecular flexibility index (Phi) is 5.26. The van der Waals surface area contributed by atoms with Gasteiger partial charge in [-0.25, -0.2) is 0 Å². The Balaban J connectivity index is 1.84. The van der Waals surface area contributed by atoms with Crippen LogP contribution in [0.25, 0.3) is 0 Å². The van der Waals surface area contributed by atoms with Crippen molar-refractivity contribution in [2.45, 2.75) is 26.7 Å². The first-order valence-electron chi connectivity index (χ1n) is 8.89. The maximum absolute atomic E-state index is 12.5. The summed E-state index contributed by atoms with van der Waals surface area (Å²) < 4.78 is 5.17. The molecule has 1 aliphatic rings. The molecule has 0 saturated carbocycles. The summed E-state index contributed by atoms with van der Waals surface area (Å²) in [5.41, 5.74) is 3.25. The van der Waals surface area contributed by atoms with Gasteiger partial charge < -0.3 is 15.0 Å². The average Bonchev–Trinajstić information content (AvgIpc) is 2.66. The van der Waals surface area contributed by atoms with Crippen molar-refractivity contribution >= 4 is 23.2 Å². The van der Waals surface area contributed by atoms with Gasteiger partial charge in [-0.1, -0.05) is 26.0 Å². The largest absolute Gasteiger partial charge is 0.497 e. The van der Waals surface area contributed by atoms with Crippen LogP contribution < -0.4 is 15.0 Å². The third-order valence-corrected chi connectivity index (χ3v) is 4.55. The van der Waals surface area contributed by atoms with E-state index < -0.39 is 0 Å². The van der Waals surface area contributed by atoms with Gasteiger partial charge in [-0.05, 0) is 48.7 Å². The van der Waals surface area contributed by atoms with Gasteiger partial charge in [-0.15, -0.1) is 0 Å². The zero-order valence-electron chi connectivity index (χ0n) is 15.4. The average molecular weight is 352 g/mol. The maximum Gasteiger partial charge on any atom is 0.255 e. The molecule has 3 rings (SSSR count). The first-order valence-corrected chi connectivity index (χ1v) is 8.89. The van der Waals surface area contributed by atoms with E-state index in [1.54, 1.807) is 31.4 Å². The molecule has 0 spiro atoms. The van der Waals surface area contributed by atoms with Crippen LogP contribution in [0.1, 0.15) is 36.2 Å². The molecule has 5 heteroatoms. The van der Waals surface area contributed by atoms with E-state index >= 15 is 0 Å². The number of hydrogen-bond acceptors (Lipinski definition) is 3. The van der Waals surface area contributed by atoms with Crippen molar-refractivity contribution in [3.05, 3.63) is 53.6 Å². The van der Waals surface area contributed by atoms with Gasteiger partial charge in [0.15, 0.2) is 0 Å². The fraction of sp³-hybridized carbons (Fsp3) is 0.333. The predicted octanol–water partition coefficient (Wildman–Crippen LogP) is 3.88. The molecule has 0 aromatic heterocycles. The number of nitrogens with zero attached hydrogens (tertiary/aromatic N) is 1. The third kappa shape index (κ3) is 3.72. The first-order chi connectivity index (χ1) is 12.5. The third-order valence-electron chi connectivity index (χ3n) is 4.55. The highest BCUT2D eigenvalue weighted by molar-refractivity contribution is 6.05. The lowest BCUT2D eigenvalue weighted by molar-refractivity contribution is -0.121. The van der Waals surface area contributed by atoms with E-state index in [1.165, 1.54) is 0 Å². The number of nitrogens with one attached hydrogen (secondary N) is 1. The molecular weight excluding hydrogens is 328 g/mol. The molecule has 0 saturated heterocycles. The van der Waals surface area contributed by atoms with Gasteiger partial charge >= 0.3 is 0 Å². The van der Waals surface area contributed by atoms with Crippen molar-refractivity contribution < 1.29 is 14.3 Å². The summed E-state index contributed by atoms with van der Waals surface area (Å²) in [7, 11) is 1.57. The predicted molar refractivity (Wildman–Crippen MR) is 103 cm³/mol. The van der Waals surface area contributed by atoms with Gasteiger partial charge in [0.2, 0.25) is 5.91 Å². The van der Waals surface area contributed by atoms with E-state index in [9.17, 15) is 9.59 Å². The lowest BCUT2D eigenvalue weighted by Crippen LogP contribution is -2.38. The van der Waals surface area contributed by atoms with Crippen LogP contribution in [0.2, 0.25) is 0 Å². The molecule has 0 atom stereocenters. The molecule has 5 nitrogen and oxygen atoms in total. The minimum absolute atomic E-state index is 0.0593. The van der Waals surface area contributed by atoms with Crippen LogP contribution in [0.3, 0.4) is 0 Å². The number of carbonyl (C=O) groups is 2. The van der Waals surface area contributed by atoms with Crippen LogP contribution in [-0.4, -0.2) is 25.5 Å².